The Balaban J connectivity index is 0.00000450. The number of halogens is 1. The van der Waals surface area contributed by atoms with Gasteiger partial charge in [-0.05, 0) is 56.4 Å². The van der Waals surface area contributed by atoms with Gasteiger partial charge in [0, 0.05) is 52.5 Å². The second-order valence-corrected chi connectivity index (χ2v) is 7.05. The molecule has 30 heavy (non-hydrogen) atoms. The van der Waals surface area contributed by atoms with Gasteiger partial charge in [-0.2, -0.15) is 0 Å². The Labute approximate surface area is 198 Å². The van der Waals surface area contributed by atoms with Crippen LogP contribution in [0.4, 0.5) is 0 Å². The Bertz CT molecular complexity index is 566. The summed E-state index contributed by atoms with van der Waals surface area (Å²) in [6.45, 7) is 8.50. The van der Waals surface area contributed by atoms with E-state index in [0.717, 1.165) is 82.7 Å². The number of methoxy groups -OCH3 is 1. The molecule has 172 valence electrons. The first kappa shape index (κ1) is 26.8. The van der Waals surface area contributed by atoms with Gasteiger partial charge in [0.25, 0.3) is 0 Å². The van der Waals surface area contributed by atoms with Gasteiger partial charge in [-0.25, -0.2) is 0 Å². The van der Waals surface area contributed by atoms with Gasteiger partial charge in [0.1, 0.15) is 11.5 Å². The molecule has 7 nitrogen and oxygen atoms in total. The molecular weight excluding hydrogens is 497 g/mol. The van der Waals surface area contributed by atoms with Gasteiger partial charge >= 0.3 is 0 Å². The highest BCUT2D eigenvalue weighted by molar-refractivity contribution is 14.0. The maximum Gasteiger partial charge on any atom is 0.191 e. The van der Waals surface area contributed by atoms with Crippen molar-refractivity contribution in [1.82, 2.24) is 10.6 Å². The van der Waals surface area contributed by atoms with Crippen LogP contribution in [0.1, 0.15) is 32.6 Å². The Morgan fingerprint density at radius 2 is 1.80 bits per heavy atom. The van der Waals surface area contributed by atoms with E-state index in [9.17, 15) is 0 Å². The summed E-state index contributed by atoms with van der Waals surface area (Å²) in [5.74, 6) is 3.19. The number of aliphatic imine (C=N–C) groups is 1. The summed E-state index contributed by atoms with van der Waals surface area (Å²) in [5.41, 5.74) is 0. The van der Waals surface area contributed by atoms with E-state index in [1.54, 1.807) is 7.11 Å². The van der Waals surface area contributed by atoms with Crippen molar-refractivity contribution in [2.24, 2.45) is 10.9 Å². The van der Waals surface area contributed by atoms with E-state index in [2.05, 4.69) is 22.5 Å². The van der Waals surface area contributed by atoms with Crippen molar-refractivity contribution in [3.8, 4) is 11.5 Å². The van der Waals surface area contributed by atoms with Gasteiger partial charge in [-0.1, -0.05) is 0 Å². The highest BCUT2D eigenvalue weighted by Gasteiger charge is 2.13. The molecule has 1 aromatic rings. The van der Waals surface area contributed by atoms with Crippen LogP contribution < -0.4 is 20.1 Å². The molecule has 0 aliphatic carbocycles. The summed E-state index contributed by atoms with van der Waals surface area (Å²) in [5, 5.41) is 6.64. The van der Waals surface area contributed by atoms with Crippen LogP contribution in [-0.4, -0.2) is 65.7 Å². The van der Waals surface area contributed by atoms with E-state index in [0.29, 0.717) is 19.1 Å². The standard InChI is InChI=1S/C22H37N3O4.HI/c1-3-23-22(24-12-4-14-28-18-19-10-16-27-17-11-19)25-13-5-15-29-21-8-6-20(26-2)7-9-21;/h6-9,19H,3-5,10-18H2,1-2H3,(H2,23,24,25);1H. The average molecular weight is 535 g/mol. The lowest BCUT2D eigenvalue weighted by atomic mass is 10.0. The molecule has 1 aliphatic heterocycles. The smallest absolute Gasteiger partial charge is 0.191 e. The predicted octanol–water partition coefficient (Wildman–Crippen LogP) is 3.47. The van der Waals surface area contributed by atoms with Crippen LogP contribution in [0.3, 0.4) is 0 Å². The topological polar surface area (TPSA) is 73.3 Å². The lowest BCUT2D eigenvalue weighted by Crippen LogP contribution is -2.38. The molecule has 0 spiro atoms. The largest absolute Gasteiger partial charge is 0.497 e. The van der Waals surface area contributed by atoms with E-state index >= 15 is 0 Å². The van der Waals surface area contributed by atoms with E-state index in [4.69, 9.17) is 18.9 Å². The van der Waals surface area contributed by atoms with Crippen molar-refractivity contribution in [3.05, 3.63) is 24.3 Å². The third-order valence-electron chi connectivity index (χ3n) is 4.70. The van der Waals surface area contributed by atoms with Gasteiger partial charge in [-0.3, -0.25) is 4.99 Å². The first-order valence-electron chi connectivity index (χ1n) is 10.8. The maximum atomic E-state index is 5.80. The van der Waals surface area contributed by atoms with Gasteiger partial charge in [0.15, 0.2) is 5.96 Å². The molecule has 0 aromatic heterocycles. The highest BCUT2D eigenvalue weighted by atomic mass is 127. The lowest BCUT2D eigenvalue weighted by Gasteiger charge is -2.21. The molecule has 1 fully saturated rings. The fraction of sp³-hybridized carbons (Fsp3) is 0.682. The first-order valence-corrected chi connectivity index (χ1v) is 10.8. The maximum absolute atomic E-state index is 5.80. The van der Waals surface area contributed by atoms with Crippen LogP contribution in [0.5, 0.6) is 11.5 Å². The third-order valence-corrected chi connectivity index (χ3v) is 4.70. The minimum absolute atomic E-state index is 0. The second kappa shape index (κ2) is 17.4. The van der Waals surface area contributed by atoms with Crippen molar-refractivity contribution in [1.29, 1.82) is 0 Å². The first-order chi connectivity index (χ1) is 14.3. The van der Waals surface area contributed by atoms with Crippen LogP contribution in [-0.2, 0) is 9.47 Å². The summed E-state index contributed by atoms with van der Waals surface area (Å²) in [6, 6.07) is 7.62. The lowest BCUT2D eigenvalue weighted by molar-refractivity contribution is 0.0203. The summed E-state index contributed by atoms with van der Waals surface area (Å²) < 4.78 is 22.1. The minimum atomic E-state index is 0. The number of rotatable bonds is 13. The number of hydrogen-bond donors (Lipinski definition) is 2. The molecule has 0 radical (unpaired) electrons. The van der Waals surface area contributed by atoms with E-state index in [1.165, 1.54) is 0 Å². The minimum Gasteiger partial charge on any atom is -0.497 e. The molecule has 1 aliphatic rings. The zero-order valence-electron chi connectivity index (χ0n) is 18.4. The predicted molar refractivity (Wildman–Crippen MR) is 131 cm³/mol. The molecule has 1 saturated heterocycles. The molecule has 0 amide bonds. The van der Waals surface area contributed by atoms with Gasteiger partial charge in [0.05, 0.1) is 13.7 Å². The molecule has 0 saturated carbocycles. The average Bonchev–Trinajstić information content (AvgIpc) is 2.77. The molecule has 1 heterocycles. The van der Waals surface area contributed by atoms with Crippen molar-refractivity contribution in [2.75, 3.05) is 59.8 Å². The van der Waals surface area contributed by atoms with Crippen LogP contribution in [0.25, 0.3) is 0 Å². The molecule has 0 bridgehead atoms. The van der Waals surface area contributed by atoms with Gasteiger partial charge < -0.3 is 29.6 Å². The quantitative estimate of drug-likeness (QED) is 0.175. The van der Waals surface area contributed by atoms with Crippen molar-refractivity contribution in [2.45, 2.75) is 32.6 Å². The van der Waals surface area contributed by atoms with Crippen molar-refractivity contribution < 1.29 is 18.9 Å². The van der Waals surface area contributed by atoms with E-state index in [-0.39, 0.29) is 24.0 Å². The Morgan fingerprint density at radius 1 is 1.07 bits per heavy atom. The molecule has 0 atom stereocenters. The summed E-state index contributed by atoms with van der Waals surface area (Å²) >= 11 is 0. The Kier molecular flexibility index (Phi) is 15.6. The zero-order chi connectivity index (χ0) is 20.6. The Hall–Kier alpha value is -1.26. The molecular formula is C22H38IN3O4. The number of nitrogens with one attached hydrogen (secondary N) is 2. The van der Waals surface area contributed by atoms with Crippen molar-refractivity contribution in [3.63, 3.8) is 0 Å². The highest BCUT2D eigenvalue weighted by Crippen LogP contribution is 2.17. The Morgan fingerprint density at radius 3 is 2.50 bits per heavy atom. The molecule has 2 N–H and O–H groups in total. The van der Waals surface area contributed by atoms with Crippen molar-refractivity contribution >= 4 is 29.9 Å². The number of benzene rings is 1. The fourth-order valence-corrected chi connectivity index (χ4v) is 3.00. The zero-order valence-corrected chi connectivity index (χ0v) is 20.7. The number of nitrogens with zero attached hydrogens (tertiary/aromatic N) is 1. The van der Waals surface area contributed by atoms with Gasteiger partial charge in [0.2, 0.25) is 0 Å². The number of ether oxygens (including phenoxy) is 4. The SMILES string of the molecule is CCNC(=NCCCOc1ccc(OC)cc1)NCCCOCC1CCOCC1.I. The summed E-state index contributed by atoms with van der Waals surface area (Å²) in [7, 11) is 1.66. The van der Waals surface area contributed by atoms with E-state index < -0.39 is 0 Å². The normalized spacial score (nSPS) is 14.7. The molecule has 1 aromatic carbocycles. The second-order valence-electron chi connectivity index (χ2n) is 7.05. The van der Waals surface area contributed by atoms with Crippen LogP contribution in [0.15, 0.2) is 29.3 Å². The molecule has 0 unspecified atom stereocenters. The van der Waals surface area contributed by atoms with Crippen LogP contribution in [0.2, 0.25) is 0 Å². The van der Waals surface area contributed by atoms with Crippen LogP contribution in [0, 0.1) is 5.92 Å². The summed E-state index contributed by atoms with van der Waals surface area (Å²) in [4.78, 5) is 4.60. The fourth-order valence-electron chi connectivity index (χ4n) is 3.00. The third kappa shape index (κ3) is 11.8. The molecule has 2 rings (SSSR count). The van der Waals surface area contributed by atoms with Crippen LogP contribution >= 0.6 is 24.0 Å². The molecule has 8 heteroatoms. The van der Waals surface area contributed by atoms with E-state index in [1.807, 2.05) is 24.3 Å². The number of guanidine groups is 1. The summed E-state index contributed by atoms with van der Waals surface area (Å²) in [6.07, 6.45) is 4.07. The van der Waals surface area contributed by atoms with Gasteiger partial charge in [-0.15, -0.1) is 24.0 Å². The number of hydrogen-bond acceptors (Lipinski definition) is 5. The monoisotopic (exact) mass is 535 g/mol.